The van der Waals surface area contributed by atoms with Crippen molar-refractivity contribution in [1.29, 1.82) is 0 Å². The van der Waals surface area contributed by atoms with Gasteiger partial charge in [0.15, 0.2) is 5.78 Å². The first kappa shape index (κ1) is 38.7. The molecule has 3 rings (SSSR count). The number of nitrogens with one attached hydrogen (secondary N) is 2. The van der Waals surface area contributed by atoms with Crippen molar-refractivity contribution in [3.05, 3.63) is 60.2 Å². The van der Waals surface area contributed by atoms with Crippen molar-refractivity contribution in [3.63, 3.8) is 0 Å². The summed E-state index contributed by atoms with van der Waals surface area (Å²) < 4.78 is 0. The molecular weight excluding hydrogens is 636 g/mol. The molecule has 1 aliphatic heterocycles. The number of carbonyl (C=O) groups is 6. The minimum atomic E-state index is -0.516. The fraction of sp³-hybridized carbons (Fsp3) is 0.471. The predicted octanol–water partition coefficient (Wildman–Crippen LogP) is 1.20. The lowest BCUT2D eigenvalue weighted by molar-refractivity contribution is -0.217. The molecule has 0 aliphatic carbocycles. The number of hydrogen-bond donors (Lipinski definition) is 2. The van der Waals surface area contributed by atoms with E-state index in [4.69, 9.17) is 14.5 Å². The smallest absolute Gasteiger partial charge is 0.322 e. The lowest BCUT2D eigenvalue weighted by Gasteiger charge is -2.31. The van der Waals surface area contributed by atoms with Crippen LogP contribution in [-0.2, 0) is 38.5 Å². The summed E-state index contributed by atoms with van der Waals surface area (Å²) in [5.74, 6) is -2.27. The molecule has 2 amide bonds. The monoisotopic (exact) mass is 682 g/mol. The Hall–Kier alpha value is -4.70. The first-order valence-electron chi connectivity index (χ1n) is 16.2. The zero-order valence-electron chi connectivity index (χ0n) is 28.4. The van der Waals surface area contributed by atoms with Crippen LogP contribution in [0.1, 0.15) is 44.0 Å². The number of benzene rings is 2. The van der Waals surface area contributed by atoms with Gasteiger partial charge in [0, 0.05) is 78.4 Å². The minimum Gasteiger partial charge on any atom is -0.368 e. The second kappa shape index (κ2) is 20.6. The van der Waals surface area contributed by atoms with Gasteiger partial charge in [-0.2, -0.15) is 0 Å². The largest absolute Gasteiger partial charge is 0.368 e. The van der Waals surface area contributed by atoms with E-state index in [1.54, 1.807) is 12.1 Å². The van der Waals surface area contributed by atoms with Gasteiger partial charge in [-0.05, 0) is 11.1 Å². The van der Waals surface area contributed by atoms with Gasteiger partial charge in [0.1, 0.15) is 0 Å². The van der Waals surface area contributed by atoms with Gasteiger partial charge < -0.3 is 25.1 Å². The van der Waals surface area contributed by atoms with Crippen LogP contribution in [0.25, 0.3) is 11.1 Å². The van der Waals surface area contributed by atoms with Crippen molar-refractivity contribution in [2.75, 3.05) is 72.0 Å². The third kappa shape index (κ3) is 15.4. The van der Waals surface area contributed by atoms with Crippen LogP contribution in [0.15, 0.2) is 54.6 Å². The maximum Gasteiger partial charge on any atom is 0.322 e. The molecule has 2 aromatic rings. The van der Waals surface area contributed by atoms with Crippen molar-refractivity contribution in [3.8, 4) is 11.1 Å². The predicted molar refractivity (Wildman–Crippen MR) is 178 cm³/mol. The summed E-state index contributed by atoms with van der Waals surface area (Å²) in [6, 6.07) is 17.1. The number of hydroxylamine groups is 6. The highest BCUT2D eigenvalue weighted by molar-refractivity contribution is 5.98. The van der Waals surface area contributed by atoms with Gasteiger partial charge in [-0.15, -0.1) is 15.2 Å². The number of rotatable bonds is 13. The molecule has 0 aromatic heterocycles. The molecule has 2 aromatic carbocycles. The quantitative estimate of drug-likeness (QED) is 0.229. The normalized spacial score (nSPS) is 15.6. The van der Waals surface area contributed by atoms with E-state index >= 15 is 0 Å². The van der Waals surface area contributed by atoms with Gasteiger partial charge in [0.05, 0.1) is 32.7 Å². The highest BCUT2D eigenvalue weighted by atomic mass is 16.7. The third-order valence-electron chi connectivity index (χ3n) is 7.33. The molecule has 0 atom stereocenters. The molecule has 2 N–H and O–H groups in total. The van der Waals surface area contributed by atoms with Gasteiger partial charge in [0.2, 0.25) is 11.8 Å². The standard InChI is InChI=1S/C34H46N6O9/c1-26(41)47-38-19-17-37(18-20-39(48-27(2)42)22-24-40(23-21-38)49-28(3)43)25-34(46)36-16-15-35-33(45)14-13-32(44)31-11-9-30(10-12-31)29-7-5-4-6-8-29/h4-12H,13-25H2,1-3H3,(H,35,45)(H,36,46). The highest BCUT2D eigenvalue weighted by Crippen LogP contribution is 2.20. The molecule has 1 heterocycles. The second-order valence-electron chi connectivity index (χ2n) is 11.4. The van der Waals surface area contributed by atoms with E-state index in [2.05, 4.69) is 10.6 Å². The Balaban J connectivity index is 1.44. The summed E-state index contributed by atoms with van der Waals surface area (Å²) in [6.07, 6.45) is 0.0889. The van der Waals surface area contributed by atoms with Gasteiger partial charge >= 0.3 is 17.9 Å². The molecule has 1 saturated heterocycles. The molecule has 0 bridgehead atoms. The third-order valence-corrected chi connectivity index (χ3v) is 7.33. The zero-order chi connectivity index (χ0) is 35.6. The molecule has 0 radical (unpaired) electrons. The summed E-state index contributed by atoms with van der Waals surface area (Å²) in [5, 5.41) is 9.79. The lowest BCUT2D eigenvalue weighted by Crippen LogP contribution is -2.48. The number of amides is 2. The number of Topliss-reactive ketones (excluding diaryl/α,β-unsaturated/α-hetero) is 1. The van der Waals surface area contributed by atoms with E-state index in [0.29, 0.717) is 18.7 Å². The minimum absolute atomic E-state index is 0.00704. The van der Waals surface area contributed by atoms with Crippen LogP contribution >= 0.6 is 0 Å². The van der Waals surface area contributed by atoms with Gasteiger partial charge in [-0.25, -0.2) is 0 Å². The van der Waals surface area contributed by atoms with Crippen molar-refractivity contribution < 1.29 is 43.3 Å². The Labute approximate surface area is 286 Å². The van der Waals surface area contributed by atoms with Crippen LogP contribution in [0.5, 0.6) is 0 Å². The van der Waals surface area contributed by atoms with Gasteiger partial charge in [-0.1, -0.05) is 54.6 Å². The summed E-state index contributed by atoms with van der Waals surface area (Å²) in [4.78, 5) is 90.5. The van der Waals surface area contributed by atoms with E-state index in [-0.39, 0.29) is 89.3 Å². The summed E-state index contributed by atoms with van der Waals surface area (Å²) in [5.41, 5.74) is 2.60. The Morgan fingerprint density at radius 3 is 1.45 bits per heavy atom. The summed E-state index contributed by atoms with van der Waals surface area (Å²) in [6.45, 7) is 6.19. The van der Waals surface area contributed by atoms with Crippen molar-refractivity contribution >= 4 is 35.5 Å². The molecule has 15 nitrogen and oxygen atoms in total. The Morgan fingerprint density at radius 1 is 0.551 bits per heavy atom. The molecule has 0 unspecified atom stereocenters. The summed E-state index contributed by atoms with van der Waals surface area (Å²) >= 11 is 0. The van der Waals surface area contributed by atoms with Crippen molar-refractivity contribution in [2.45, 2.75) is 33.6 Å². The van der Waals surface area contributed by atoms with E-state index in [1.165, 1.54) is 36.0 Å². The zero-order valence-corrected chi connectivity index (χ0v) is 28.4. The average molecular weight is 683 g/mol. The average Bonchev–Trinajstić information content (AvgIpc) is 3.06. The maximum absolute atomic E-state index is 12.8. The van der Waals surface area contributed by atoms with Crippen LogP contribution in [0.3, 0.4) is 0 Å². The second-order valence-corrected chi connectivity index (χ2v) is 11.4. The fourth-order valence-electron chi connectivity index (χ4n) is 4.98. The molecular formula is C34H46N6O9. The maximum atomic E-state index is 12.8. The molecule has 1 aliphatic rings. The van der Waals surface area contributed by atoms with E-state index in [9.17, 15) is 28.8 Å². The van der Waals surface area contributed by atoms with Crippen LogP contribution < -0.4 is 10.6 Å². The molecule has 0 spiro atoms. The Morgan fingerprint density at radius 2 is 0.980 bits per heavy atom. The molecule has 1 fully saturated rings. The first-order valence-corrected chi connectivity index (χ1v) is 16.2. The number of carbonyl (C=O) groups excluding carboxylic acids is 6. The molecule has 49 heavy (non-hydrogen) atoms. The number of nitrogens with zero attached hydrogens (tertiary/aromatic N) is 4. The lowest BCUT2D eigenvalue weighted by atomic mass is 10.0. The fourth-order valence-corrected chi connectivity index (χ4v) is 4.98. The van der Waals surface area contributed by atoms with E-state index in [1.807, 2.05) is 47.4 Å². The number of hydrogen-bond acceptors (Lipinski definition) is 13. The molecule has 0 saturated carbocycles. The van der Waals surface area contributed by atoms with Crippen molar-refractivity contribution in [1.82, 2.24) is 30.7 Å². The topological polar surface area (TPSA) is 167 Å². The Kier molecular flexibility index (Phi) is 16.3. The van der Waals surface area contributed by atoms with E-state index < -0.39 is 17.9 Å². The SMILES string of the molecule is CC(=O)ON1CCN(CC(=O)NCCNC(=O)CCC(=O)c2ccc(-c3ccccc3)cc2)CCN(OC(C)=O)CCN(OC(C)=O)CC1. The first-order chi connectivity index (χ1) is 23.5. The molecule has 15 heteroatoms. The van der Waals surface area contributed by atoms with Crippen LogP contribution in [-0.4, -0.2) is 128 Å². The highest BCUT2D eigenvalue weighted by Gasteiger charge is 2.22. The van der Waals surface area contributed by atoms with Crippen LogP contribution in [0.4, 0.5) is 0 Å². The molecule has 266 valence electrons. The van der Waals surface area contributed by atoms with Crippen LogP contribution in [0.2, 0.25) is 0 Å². The van der Waals surface area contributed by atoms with E-state index in [0.717, 1.165) is 11.1 Å². The van der Waals surface area contributed by atoms with Crippen LogP contribution in [0, 0.1) is 0 Å². The van der Waals surface area contributed by atoms with Gasteiger partial charge in [-0.3, -0.25) is 33.7 Å². The van der Waals surface area contributed by atoms with Crippen molar-refractivity contribution in [2.24, 2.45) is 0 Å². The van der Waals surface area contributed by atoms with Gasteiger partial charge in [0.25, 0.3) is 0 Å². The summed E-state index contributed by atoms with van der Waals surface area (Å²) in [7, 11) is 0. The number of ketones is 1. The Bertz CT molecular complexity index is 1370.